The molecule has 1 aromatic heterocycles. The molecule has 3 unspecified atom stereocenters. The van der Waals surface area contributed by atoms with Crippen LogP contribution in [0.2, 0.25) is 0 Å². The highest BCUT2D eigenvalue weighted by atomic mass is 16.2. The number of aromatic amines is 1. The van der Waals surface area contributed by atoms with E-state index in [2.05, 4.69) is 58.6 Å². The van der Waals surface area contributed by atoms with Crippen molar-refractivity contribution in [2.75, 3.05) is 13.1 Å². The monoisotopic (exact) mass is 488 g/mol. The molecule has 1 aliphatic rings. The maximum Gasteiger partial charge on any atom is 0.243 e. The van der Waals surface area contributed by atoms with Crippen molar-refractivity contribution < 1.29 is 9.59 Å². The summed E-state index contributed by atoms with van der Waals surface area (Å²) >= 11 is 0. The van der Waals surface area contributed by atoms with E-state index >= 15 is 0 Å². The van der Waals surface area contributed by atoms with E-state index in [9.17, 15) is 9.59 Å². The summed E-state index contributed by atoms with van der Waals surface area (Å²) in [5, 5.41) is 7.06. The second kappa shape index (κ2) is 11.7. The molecule has 0 spiro atoms. The Balaban J connectivity index is 1.37. The van der Waals surface area contributed by atoms with Crippen LogP contribution in [0.5, 0.6) is 0 Å². The average molecular weight is 489 g/mol. The molecule has 3 N–H and O–H groups in total. The summed E-state index contributed by atoms with van der Waals surface area (Å²) in [7, 11) is 0. The molecule has 2 amide bonds. The smallest absolute Gasteiger partial charge is 0.243 e. The van der Waals surface area contributed by atoms with Crippen molar-refractivity contribution in [1.29, 1.82) is 0 Å². The number of hydrogen-bond donors (Lipinski definition) is 3. The molecule has 1 fully saturated rings. The third kappa shape index (κ3) is 6.76. The second-order valence-corrected chi connectivity index (χ2v) is 11.0. The predicted octanol–water partition coefficient (Wildman–Crippen LogP) is 4.65. The SMILES string of the molecule is CC1CC(C)CN(Cc2ccc(CNC(=O)C(Cc3c[nH]c4ccccc34)NC(=O)C(C)C)cc2)C1. The van der Waals surface area contributed by atoms with Crippen LogP contribution < -0.4 is 10.6 Å². The molecule has 4 rings (SSSR count). The molecule has 6 nitrogen and oxygen atoms in total. The van der Waals surface area contributed by atoms with Crippen LogP contribution in [0.4, 0.5) is 0 Å². The number of para-hydroxylation sites is 1. The minimum Gasteiger partial charge on any atom is -0.361 e. The molecule has 3 atom stereocenters. The third-order valence-electron chi connectivity index (χ3n) is 7.10. The Morgan fingerprint density at radius 1 is 0.972 bits per heavy atom. The number of likely N-dealkylation sites (tertiary alicyclic amines) is 1. The van der Waals surface area contributed by atoms with Gasteiger partial charge in [-0.15, -0.1) is 0 Å². The minimum atomic E-state index is -0.638. The number of aromatic nitrogens is 1. The molecule has 0 radical (unpaired) electrons. The summed E-state index contributed by atoms with van der Waals surface area (Å²) in [6.45, 7) is 12.1. The van der Waals surface area contributed by atoms with E-state index in [0.29, 0.717) is 13.0 Å². The maximum absolute atomic E-state index is 13.2. The zero-order valence-corrected chi connectivity index (χ0v) is 22.0. The number of amides is 2. The van der Waals surface area contributed by atoms with Gasteiger partial charge in [0.2, 0.25) is 11.8 Å². The zero-order chi connectivity index (χ0) is 25.7. The lowest BCUT2D eigenvalue weighted by Crippen LogP contribution is -2.48. The predicted molar refractivity (Wildman–Crippen MR) is 145 cm³/mol. The highest BCUT2D eigenvalue weighted by Gasteiger charge is 2.24. The molecule has 0 bridgehead atoms. The van der Waals surface area contributed by atoms with Gasteiger partial charge >= 0.3 is 0 Å². The Hall–Kier alpha value is -3.12. The Morgan fingerprint density at radius 3 is 2.33 bits per heavy atom. The van der Waals surface area contributed by atoms with Crippen molar-refractivity contribution in [3.8, 4) is 0 Å². The fraction of sp³-hybridized carbons (Fsp3) is 0.467. The van der Waals surface area contributed by atoms with Crippen molar-refractivity contribution in [2.45, 2.75) is 59.7 Å². The number of hydrogen-bond acceptors (Lipinski definition) is 3. The number of fused-ring (bicyclic) bond motifs is 1. The molecule has 192 valence electrons. The lowest BCUT2D eigenvalue weighted by atomic mass is 9.91. The molecule has 1 aliphatic heterocycles. The molecule has 3 aromatic rings. The number of piperidine rings is 1. The lowest BCUT2D eigenvalue weighted by molar-refractivity contribution is -0.130. The van der Waals surface area contributed by atoms with Crippen molar-refractivity contribution in [3.05, 3.63) is 71.4 Å². The van der Waals surface area contributed by atoms with E-state index in [-0.39, 0.29) is 17.7 Å². The topological polar surface area (TPSA) is 77.2 Å². The summed E-state index contributed by atoms with van der Waals surface area (Å²) in [4.78, 5) is 31.4. The lowest BCUT2D eigenvalue weighted by Gasteiger charge is -2.35. The number of rotatable bonds is 9. The van der Waals surface area contributed by atoms with Gasteiger partial charge in [0.25, 0.3) is 0 Å². The van der Waals surface area contributed by atoms with Gasteiger partial charge in [-0.25, -0.2) is 0 Å². The van der Waals surface area contributed by atoms with Crippen molar-refractivity contribution >= 4 is 22.7 Å². The van der Waals surface area contributed by atoms with Crippen LogP contribution in [0.15, 0.2) is 54.7 Å². The van der Waals surface area contributed by atoms with Gasteiger partial charge in [0.15, 0.2) is 0 Å². The fourth-order valence-electron chi connectivity index (χ4n) is 5.32. The summed E-state index contributed by atoms with van der Waals surface area (Å²) in [5.74, 6) is 1.00. The first-order chi connectivity index (χ1) is 17.3. The normalized spacial score (nSPS) is 19.4. The molecule has 0 aliphatic carbocycles. The first kappa shape index (κ1) is 26.0. The second-order valence-electron chi connectivity index (χ2n) is 11.0. The van der Waals surface area contributed by atoms with Crippen LogP contribution in [0.3, 0.4) is 0 Å². The highest BCUT2D eigenvalue weighted by Crippen LogP contribution is 2.23. The van der Waals surface area contributed by atoms with Gasteiger partial charge in [-0.05, 0) is 41.0 Å². The van der Waals surface area contributed by atoms with Crippen molar-refractivity contribution in [1.82, 2.24) is 20.5 Å². The van der Waals surface area contributed by atoms with Crippen LogP contribution in [-0.2, 0) is 29.1 Å². The molecule has 2 heterocycles. The van der Waals surface area contributed by atoms with E-state index in [1.54, 1.807) is 0 Å². The summed E-state index contributed by atoms with van der Waals surface area (Å²) in [5.41, 5.74) is 4.39. The van der Waals surface area contributed by atoms with Crippen LogP contribution in [0.1, 0.15) is 50.8 Å². The summed E-state index contributed by atoms with van der Waals surface area (Å²) in [6.07, 6.45) is 3.67. The number of H-pyrrole nitrogens is 1. The summed E-state index contributed by atoms with van der Waals surface area (Å²) < 4.78 is 0. The van der Waals surface area contributed by atoms with E-state index in [4.69, 9.17) is 0 Å². The number of carbonyl (C=O) groups is 2. The summed E-state index contributed by atoms with van der Waals surface area (Å²) in [6, 6.07) is 15.9. The molecular formula is C30H40N4O2. The number of benzene rings is 2. The molecule has 6 heteroatoms. The van der Waals surface area contributed by atoms with E-state index in [0.717, 1.165) is 53.5 Å². The maximum atomic E-state index is 13.2. The van der Waals surface area contributed by atoms with Gasteiger partial charge in [-0.3, -0.25) is 14.5 Å². The van der Waals surface area contributed by atoms with Gasteiger partial charge in [0.1, 0.15) is 6.04 Å². The fourth-order valence-corrected chi connectivity index (χ4v) is 5.32. The molecule has 0 saturated carbocycles. The Kier molecular flexibility index (Phi) is 8.47. The van der Waals surface area contributed by atoms with E-state index < -0.39 is 6.04 Å². The Labute approximate surface area is 214 Å². The van der Waals surface area contributed by atoms with Gasteiger partial charge in [-0.2, -0.15) is 0 Å². The quantitative estimate of drug-likeness (QED) is 0.410. The highest BCUT2D eigenvalue weighted by molar-refractivity contribution is 5.90. The first-order valence-corrected chi connectivity index (χ1v) is 13.2. The Morgan fingerprint density at radius 2 is 1.64 bits per heavy atom. The first-order valence-electron chi connectivity index (χ1n) is 13.2. The largest absolute Gasteiger partial charge is 0.361 e. The van der Waals surface area contributed by atoms with Gasteiger partial charge < -0.3 is 15.6 Å². The Bertz CT molecular complexity index is 1160. The van der Waals surface area contributed by atoms with Crippen LogP contribution >= 0.6 is 0 Å². The van der Waals surface area contributed by atoms with E-state index in [1.807, 2.05) is 44.3 Å². The van der Waals surface area contributed by atoms with Crippen molar-refractivity contribution in [3.63, 3.8) is 0 Å². The molecule has 2 aromatic carbocycles. The molecular weight excluding hydrogens is 448 g/mol. The van der Waals surface area contributed by atoms with E-state index in [1.165, 1.54) is 12.0 Å². The number of nitrogens with one attached hydrogen (secondary N) is 3. The van der Waals surface area contributed by atoms with Crippen LogP contribution in [-0.4, -0.2) is 40.8 Å². The van der Waals surface area contributed by atoms with Crippen molar-refractivity contribution in [2.24, 2.45) is 17.8 Å². The number of nitrogens with zero attached hydrogens (tertiary/aromatic N) is 1. The van der Waals surface area contributed by atoms with Gasteiger partial charge in [0, 0.05) is 55.6 Å². The zero-order valence-electron chi connectivity index (χ0n) is 22.0. The van der Waals surface area contributed by atoms with Crippen LogP contribution in [0, 0.1) is 17.8 Å². The molecule has 1 saturated heterocycles. The van der Waals surface area contributed by atoms with Gasteiger partial charge in [-0.1, -0.05) is 70.2 Å². The van der Waals surface area contributed by atoms with Gasteiger partial charge in [0.05, 0.1) is 0 Å². The average Bonchev–Trinajstić information content (AvgIpc) is 3.25. The third-order valence-corrected chi connectivity index (χ3v) is 7.10. The minimum absolute atomic E-state index is 0.124. The standard InChI is InChI=1S/C30H40N4O2/c1-20(2)29(35)33-28(14-25-16-31-27-8-6-5-7-26(25)27)30(36)32-15-23-9-11-24(12-10-23)19-34-17-21(3)13-22(4)18-34/h5-12,16,20-22,28,31H,13-15,17-19H2,1-4H3,(H,32,36)(H,33,35). The van der Waals surface area contributed by atoms with Crippen LogP contribution in [0.25, 0.3) is 10.9 Å². The molecule has 36 heavy (non-hydrogen) atoms. The number of carbonyl (C=O) groups excluding carboxylic acids is 2.